The van der Waals surface area contributed by atoms with Crippen LogP contribution in [-0.2, 0) is 21.2 Å². The fourth-order valence-corrected chi connectivity index (χ4v) is 5.33. The SMILES string of the molecule is Cc1cc(Nc2ncc(Cl)c(C(F)(F)F)n2)cc(-c2cnc(C3(N=C(N)OC(=N)N)CCNC(=O)CC3)s2)c1. The summed E-state index contributed by atoms with van der Waals surface area (Å²) in [4.78, 5) is 29.2. The maximum absolute atomic E-state index is 13.2. The highest BCUT2D eigenvalue weighted by Crippen LogP contribution is 2.41. The van der Waals surface area contributed by atoms with Gasteiger partial charge >= 0.3 is 6.18 Å². The number of aromatic nitrogens is 3. The number of thiazole rings is 1. The predicted octanol–water partition coefficient (Wildman–Crippen LogP) is 4.04. The lowest BCUT2D eigenvalue weighted by Gasteiger charge is -2.25. The summed E-state index contributed by atoms with van der Waals surface area (Å²) in [6.07, 6.45) is -1.36. The molecule has 0 bridgehead atoms. The zero-order valence-electron chi connectivity index (χ0n) is 20.4. The number of halogens is 4. The zero-order valence-corrected chi connectivity index (χ0v) is 22.0. The van der Waals surface area contributed by atoms with Crippen molar-refractivity contribution < 1.29 is 22.7 Å². The number of nitrogens with zero attached hydrogens (tertiary/aromatic N) is 4. The van der Waals surface area contributed by atoms with E-state index >= 15 is 0 Å². The van der Waals surface area contributed by atoms with E-state index in [1.54, 1.807) is 18.3 Å². The van der Waals surface area contributed by atoms with Gasteiger partial charge in [0.15, 0.2) is 5.69 Å². The van der Waals surface area contributed by atoms with Gasteiger partial charge in [-0.1, -0.05) is 17.7 Å². The van der Waals surface area contributed by atoms with Gasteiger partial charge in [0.2, 0.25) is 11.9 Å². The largest absolute Gasteiger partial charge is 0.435 e. The number of amidine groups is 2. The maximum atomic E-state index is 13.2. The van der Waals surface area contributed by atoms with Crippen LogP contribution in [-0.4, -0.2) is 39.4 Å². The number of alkyl halides is 3. The van der Waals surface area contributed by atoms with Gasteiger partial charge in [-0.05, 0) is 43.0 Å². The second-order valence-electron chi connectivity index (χ2n) is 8.68. The smallest absolute Gasteiger partial charge is 0.393 e. The summed E-state index contributed by atoms with van der Waals surface area (Å²) in [7, 11) is 0. The second-order valence-corrected chi connectivity index (χ2v) is 10.1. The molecule has 0 saturated carbocycles. The zero-order chi connectivity index (χ0) is 28.4. The fraction of sp³-hybridized carbons (Fsp3) is 0.304. The van der Waals surface area contributed by atoms with Crippen molar-refractivity contribution in [2.75, 3.05) is 11.9 Å². The number of carbonyl (C=O) groups is 1. The Morgan fingerprint density at radius 1 is 1.26 bits per heavy atom. The summed E-state index contributed by atoms with van der Waals surface area (Å²) in [6, 6.07) is 4.38. The fourth-order valence-electron chi connectivity index (χ4n) is 4.04. The van der Waals surface area contributed by atoms with Crippen molar-refractivity contribution in [3.8, 4) is 10.4 Å². The second kappa shape index (κ2) is 11.0. The number of benzene rings is 1. The minimum atomic E-state index is -4.73. The summed E-state index contributed by atoms with van der Waals surface area (Å²) in [5, 5.41) is 12.9. The number of aryl methyl sites for hydroxylation is 1. The molecule has 11 nitrogen and oxygen atoms in total. The van der Waals surface area contributed by atoms with Crippen LogP contribution in [0, 0.1) is 12.3 Å². The lowest BCUT2D eigenvalue weighted by Crippen LogP contribution is -2.32. The topological polar surface area (TPSA) is 177 Å². The Morgan fingerprint density at radius 2 is 2.03 bits per heavy atom. The number of nitrogens with two attached hydrogens (primary N) is 2. The molecule has 39 heavy (non-hydrogen) atoms. The van der Waals surface area contributed by atoms with Crippen LogP contribution in [0.2, 0.25) is 5.02 Å². The van der Waals surface area contributed by atoms with Gasteiger partial charge in [-0.3, -0.25) is 10.2 Å². The molecule has 1 aliphatic rings. The van der Waals surface area contributed by atoms with Crippen LogP contribution in [0.4, 0.5) is 24.8 Å². The molecule has 1 unspecified atom stereocenters. The molecule has 1 atom stereocenters. The number of ether oxygens (including phenoxy) is 1. The molecule has 206 valence electrons. The van der Waals surface area contributed by atoms with Crippen LogP contribution in [0.25, 0.3) is 10.4 Å². The number of aliphatic imine (C=N–C) groups is 1. The quantitative estimate of drug-likeness (QED) is 0.221. The predicted molar refractivity (Wildman–Crippen MR) is 141 cm³/mol. The van der Waals surface area contributed by atoms with Crippen molar-refractivity contribution >= 4 is 52.5 Å². The number of carbonyl (C=O) groups excluding carboxylic acids is 1. The molecule has 1 fully saturated rings. The average molecular weight is 582 g/mol. The Labute approximate surface area is 229 Å². The van der Waals surface area contributed by atoms with Crippen LogP contribution in [0.15, 0.2) is 35.6 Å². The molecule has 2 aromatic heterocycles. The van der Waals surface area contributed by atoms with Crippen LogP contribution in [0.3, 0.4) is 0 Å². The molecule has 0 radical (unpaired) electrons. The minimum absolute atomic E-state index is 0.137. The van der Waals surface area contributed by atoms with Gasteiger partial charge in [-0.2, -0.15) is 13.2 Å². The molecule has 0 spiro atoms. The Morgan fingerprint density at radius 3 is 2.74 bits per heavy atom. The van der Waals surface area contributed by atoms with Crippen molar-refractivity contribution in [3.63, 3.8) is 0 Å². The van der Waals surface area contributed by atoms with E-state index in [0.29, 0.717) is 30.1 Å². The summed E-state index contributed by atoms with van der Waals surface area (Å²) < 4.78 is 44.6. The Hall–Kier alpha value is -3.98. The standard InChI is InChI=1S/C23H23ClF3N9O2S/c1-11-6-12(8-13(7-11)34-21-33-9-14(24)17(35-21)23(25,26)27)15-10-32-18(39-15)22(36-20(30)38-19(28)29)3-2-16(37)31-5-4-22/h6-10H,2-5H2,1H3,(H3,28,29)(H2,30,36)(H,31,37)(H,33,34,35). The molecule has 1 amide bonds. The molecule has 1 aromatic carbocycles. The Kier molecular flexibility index (Phi) is 7.92. The van der Waals surface area contributed by atoms with Crippen LogP contribution >= 0.6 is 22.9 Å². The van der Waals surface area contributed by atoms with Gasteiger partial charge in [-0.25, -0.2) is 19.9 Å². The first-order chi connectivity index (χ1) is 18.3. The normalized spacial score (nSPS) is 18.3. The van der Waals surface area contributed by atoms with Crippen LogP contribution in [0.5, 0.6) is 0 Å². The molecule has 4 rings (SSSR count). The van der Waals surface area contributed by atoms with Crippen molar-refractivity contribution in [2.45, 2.75) is 37.9 Å². The summed E-state index contributed by atoms with van der Waals surface area (Å²) in [5.74, 6) is -0.402. The number of hydrogen-bond donors (Lipinski definition) is 5. The highest BCUT2D eigenvalue weighted by molar-refractivity contribution is 7.15. The van der Waals surface area contributed by atoms with Crippen molar-refractivity contribution in [3.05, 3.63) is 51.9 Å². The molecular weight excluding hydrogens is 559 g/mol. The molecule has 16 heteroatoms. The summed E-state index contributed by atoms with van der Waals surface area (Å²) in [6.45, 7) is 2.15. The minimum Gasteiger partial charge on any atom is -0.393 e. The lowest BCUT2D eigenvalue weighted by atomic mass is 9.92. The van der Waals surface area contributed by atoms with Gasteiger partial charge in [0.05, 0.1) is 16.1 Å². The number of anilines is 2. The van der Waals surface area contributed by atoms with Gasteiger partial charge in [-0.15, -0.1) is 11.3 Å². The van der Waals surface area contributed by atoms with E-state index in [4.69, 9.17) is 33.2 Å². The van der Waals surface area contributed by atoms with E-state index in [0.717, 1.165) is 22.2 Å². The highest BCUT2D eigenvalue weighted by atomic mass is 35.5. The van der Waals surface area contributed by atoms with E-state index in [-0.39, 0.29) is 24.3 Å². The first-order valence-electron chi connectivity index (χ1n) is 11.4. The Bertz CT molecular complexity index is 1450. The first-order valence-corrected chi connectivity index (χ1v) is 12.6. The summed E-state index contributed by atoms with van der Waals surface area (Å²) >= 11 is 6.94. The van der Waals surface area contributed by atoms with E-state index in [2.05, 4.69) is 30.6 Å². The third-order valence-electron chi connectivity index (χ3n) is 5.70. The number of hydrogen-bond acceptors (Lipinski definition) is 9. The van der Waals surface area contributed by atoms with E-state index in [9.17, 15) is 18.0 Å². The van der Waals surface area contributed by atoms with Crippen LogP contribution < -0.4 is 22.1 Å². The van der Waals surface area contributed by atoms with E-state index < -0.39 is 28.5 Å². The molecule has 7 N–H and O–H groups in total. The van der Waals surface area contributed by atoms with Gasteiger partial charge in [0.1, 0.15) is 10.5 Å². The molecule has 3 aromatic rings. The molecular formula is C23H23ClF3N9O2S. The van der Waals surface area contributed by atoms with Crippen molar-refractivity contribution in [1.82, 2.24) is 20.3 Å². The van der Waals surface area contributed by atoms with Crippen molar-refractivity contribution in [2.24, 2.45) is 16.5 Å². The van der Waals surface area contributed by atoms with Gasteiger partial charge in [0.25, 0.3) is 12.0 Å². The van der Waals surface area contributed by atoms with E-state index in [1.165, 1.54) is 11.3 Å². The molecule has 1 aliphatic heterocycles. The summed E-state index contributed by atoms with van der Waals surface area (Å²) in [5.41, 5.74) is 10.9. The number of amides is 1. The Balaban J connectivity index is 1.68. The van der Waals surface area contributed by atoms with E-state index in [1.807, 2.05) is 13.0 Å². The maximum Gasteiger partial charge on any atom is 0.435 e. The average Bonchev–Trinajstić information content (AvgIpc) is 3.26. The third kappa shape index (κ3) is 6.72. The highest BCUT2D eigenvalue weighted by Gasteiger charge is 2.38. The van der Waals surface area contributed by atoms with Crippen molar-refractivity contribution in [1.29, 1.82) is 5.41 Å². The van der Waals surface area contributed by atoms with Crippen LogP contribution in [0.1, 0.15) is 35.5 Å². The number of nitrogens with one attached hydrogen (secondary N) is 3. The van der Waals surface area contributed by atoms with Gasteiger partial charge in [0, 0.05) is 24.8 Å². The molecule has 1 saturated heterocycles. The number of rotatable bonds is 5. The molecule has 0 aliphatic carbocycles. The first kappa shape index (κ1) is 28.0. The molecule has 3 heterocycles. The monoisotopic (exact) mass is 581 g/mol. The third-order valence-corrected chi connectivity index (χ3v) is 7.22. The lowest BCUT2D eigenvalue weighted by molar-refractivity contribution is -0.141. The van der Waals surface area contributed by atoms with Gasteiger partial charge < -0.3 is 26.8 Å².